The van der Waals surface area contributed by atoms with Crippen LogP contribution in [0.5, 0.6) is 0 Å². The van der Waals surface area contributed by atoms with Gasteiger partial charge in [-0.25, -0.2) is 0 Å². The fraction of sp³-hybridized carbons (Fsp3) is 0.818. The highest BCUT2D eigenvalue weighted by Crippen LogP contribution is 2.22. The highest BCUT2D eigenvalue weighted by molar-refractivity contribution is 5.00. The first-order chi connectivity index (χ1) is 5.84. The van der Waals surface area contributed by atoms with Crippen molar-refractivity contribution in [2.75, 3.05) is 0 Å². The molecule has 1 rings (SSSR count). The molecule has 1 heterocycles. The molecular weight excluding hydrogens is 148 g/mol. The van der Waals surface area contributed by atoms with Crippen LogP contribution in [0.1, 0.15) is 46.0 Å². The number of unbranched alkanes of at least 4 members (excludes halogenated alkanes) is 4. The molecule has 0 aromatic rings. The molecule has 70 valence electrons. The summed E-state index contributed by atoms with van der Waals surface area (Å²) in [6.07, 6.45) is 12.0. The second-order valence-corrected chi connectivity index (χ2v) is 3.58. The van der Waals surface area contributed by atoms with E-state index in [9.17, 15) is 0 Å². The quantitative estimate of drug-likeness (QED) is 0.337. The standard InChI is InChI=1S/C11H20O/c1-3-4-5-6-7-8-9-11-10(2)12-11/h8-11H,3-7H2,1-2H3/b9-8+. The van der Waals surface area contributed by atoms with Gasteiger partial charge in [-0.15, -0.1) is 0 Å². The molecule has 0 aromatic carbocycles. The molecule has 12 heavy (non-hydrogen) atoms. The Morgan fingerprint density at radius 2 is 2.00 bits per heavy atom. The maximum absolute atomic E-state index is 5.26. The van der Waals surface area contributed by atoms with Gasteiger partial charge in [0.15, 0.2) is 0 Å². The van der Waals surface area contributed by atoms with Crippen molar-refractivity contribution in [3.63, 3.8) is 0 Å². The van der Waals surface area contributed by atoms with Crippen LogP contribution in [0.2, 0.25) is 0 Å². The Bertz CT molecular complexity index is 140. The van der Waals surface area contributed by atoms with Gasteiger partial charge in [0.25, 0.3) is 0 Å². The Kier molecular flexibility index (Phi) is 4.37. The Morgan fingerprint density at radius 1 is 1.25 bits per heavy atom. The minimum absolute atomic E-state index is 0.441. The lowest BCUT2D eigenvalue weighted by Gasteiger charge is -1.93. The van der Waals surface area contributed by atoms with E-state index in [1.807, 2.05) is 0 Å². The van der Waals surface area contributed by atoms with Crippen molar-refractivity contribution in [3.8, 4) is 0 Å². The summed E-state index contributed by atoms with van der Waals surface area (Å²) >= 11 is 0. The summed E-state index contributed by atoms with van der Waals surface area (Å²) in [4.78, 5) is 0. The number of allylic oxidation sites excluding steroid dienone is 1. The normalized spacial score (nSPS) is 28.2. The number of hydrogen-bond donors (Lipinski definition) is 0. The van der Waals surface area contributed by atoms with Crippen LogP contribution in [-0.2, 0) is 4.74 Å². The van der Waals surface area contributed by atoms with E-state index in [0.29, 0.717) is 12.2 Å². The van der Waals surface area contributed by atoms with Crippen LogP contribution in [0.4, 0.5) is 0 Å². The van der Waals surface area contributed by atoms with Crippen molar-refractivity contribution in [1.82, 2.24) is 0 Å². The Hall–Kier alpha value is -0.300. The largest absolute Gasteiger partial charge is 0.365 e. The first-order valence-corrected chi connectivity index (χ1v) is 5.16. The number of ether oxygens (including phenoxy) is 1. The minimum atomic E-state index is 0.441. The topological polar surface area (TPSA) is 12.5 Å². The average Bonchev–Trinajstić information content (AvgIpc) is 2.74. The van der Waals surface area contributed by atoms with Gasteiger partial charge >= 0.3 is 0 Å². The van der Waals surface area contributed by atoms with Crippen molar-refractivity contribution in [3.05, 3.63) is 12.2 Å². The molecule has 1 heteroatoms. The lowest BCUT2D eigenvalue weighted by Crippen LogP contribution is -1.81. The fourth-order valence-corrected chi connectivity index (χ4v) is 1.32. The van der Waals surface area contributed by atoms with Gasteiger partial charge in [-0.05, 0) is 19.8 Å². The molecule has 1 aliphatic heterocycles. The Balaban J connectivity index is 1.85. The summed E-state index contributed by atoms with van der Waals surface area (Å²) in [7, 11) is 0. The van der Waals surface area contributed by atoms with Crippen molar-refractivity contribution >= 4 is 0 Å². The second-order valence-electron chi connectivity index (χ2n) is 3.58. The van der Waals surface area contributed by atoms with Crippen LogP contribution in [0.15, 0.2) is 12.2 Å². The van der Waals surface area contributed by atoms with Gasteiger partial charge in [-0.1, -0.05) is 38.3 Å². The number of rotatable bonds is 6. The predicted molar refractivity (Wildman–Crippen MR) is 52.2 cm³/mol. The SMILES string of the molecule is CCCCCC/C=C/C1OC1C. The zero-order chi connectivity index (χ0) is 8.81. The first kappa shape index (κ1) is 9.79. The summed E-state index contributed by atoms with van der Waals surface area (Å²) in [5, 5.41) is 0. The molecule has 0 N–H and O–H groups in total. The number of epoxide rings is 1. The highest BCUT2D eigenvalue weighted by atomic mass is 16.6. The van der Waals surface area contributed by atoms with Crippen LogP contribution in [-0.4, -0.2) is 12.2 Å². The molecule has 0 bridgehead atoms. The Morgan fingerprint density at radius 3 is 2.58 bits per heavy atom. The second kappa shape index (κ2) is 5.36. The fourth-order valence-electron chi connectivity index (χ4n) is 1.32. The van der Waals surface area contributed by atoms with Gasteiger partial charge in [0.05, 0.1) is 6.10 Å². The van der Waals surface area contributed by atoms with E-state index in [1.165, 1.54) is 32.1 Å². The monoisotopic (exact) mass is 168 g/mol. The van der Waals surface area contributed by atoms with Gasteiger partial charge in [-0.2, -0.15) is 0 Å². The third kappa shape index (κ3) is 3.91. The summed E-state index contributed by atoms with van der Waals surface area (Å²) in [5.74, 6) is 0. The lowest BCUT2D eigenvalue weighted by atomic mass is 10.1. The van der Waals surface area contributed by atoms with Crippen molar-refractivity contribution in [1.29, 1.82) is 0 Å². The highest BCUT2D eigenvalue weighted by Gasteiger charge is 2.30. The molecule has 1 fully saturated rings. The van der Waals surface area contributed by atoms with Crippen LogP contribution in [0.25, 0.3) is 0 Å². The van der Waals surface area contributed by atoms with Gasteiger partial charge in [0.2, 0.25) is 0 Å². The molecule has 0 spiro atoms. The maximum atomic E-state index is 5.26. The van der Waals surface area contributed by atoms with Crippen LogP contribution < -0.4 is 0 Å². The maximum Gasteiger partial charge on any atom is 0.102 e. The summed E-state index contributed by atoms with van der Waals surface area (Å²) in [6.45, 7) is 4.36. The molecule has 0 aliphatic carbocycles. The summed E-state index contributed by atoms with van der Waals surface area (Å²) < 4.78 is 5.26. The van der Waals surface area contributed by atoms with Crippen molar-refractivity contribution in [2.45, 2.75) is 58.2 Å². The third-order valence-electron chi connectivity index (χ3n) is 2.31. The molecular formula is C11H20O. The molecule has 1 nitrogen and oxygen atoms in total. The van der Waals surface area contributed by atoms with E-state index in [1.54, 1.807) is 0 Å². The summed E-state index contributed by atoms with van der Waals surface area (Å²) in [6, 6.07) is 0. The molecule has 2 atom stereocenters. The molecule has 0 radical (unpaired) electrons. The van der Waals surface area contributed by atoms with Gasteiger partial charge in [-0.3, -0.25) is 0 Å². The molecule has 0 aromatic heterocycles. The zero-order valence-corrected chi connectivity index (χ0v) is 8.25. The van der Waals surface area contributed by atoms with Crippen LogP contribution >= 0.6 is 0 Å². The average molecular weight is 168 g/mol. The van der Waals surface area contributed by atoms with Crippen LogP contribution in [0.3, 0.4) is 0 Å². The predicted octanol–water partition coefficient (Wildman–Crippen LogP) is 3.30. The van der Waals surface area contributed by atoms with E-state index in [-0.39, 0.29) is 0 Å². The smallest absolute Gasteiger partial charge is 0.102 e. The minimum Gasteiger partial charge on any atom is -0.365 e. The van der Waals surface area contributed by atoms with Crippen molar-refractivity contribution in [2.24, 2.45) is 0 Å². The van der Waals surface area contributed by atoms with E-state index >= 15 is 0 Å². The van der Waals surface area contributed by atoms with Crippen molar-refractivity contribution < 1.29 is 4.74 Å². The Labute approximate surface area is 75.8 Å². The molecule has 0 amide bonds. The molecule has 0 saturated carbocycles. The zero-order valence-electron chi connectivity index (χ0n) is 8.25. The third-order valence-corrected chi connectivity index (χ3v) is 2.31. The van der Waals surface area contributed by atoms with Gasteiger partial charge < -0.3 is 4.74 Å². The molecule has 2 unspecified atom stereocenters. The summed E-state index contributed by atoms with van der Waals surface area (Å²) in [5.41, 5.74) is 0. The van der Waals surface area contributed by atoms with Crippen LogP contribution in [0, 0.1) is 0 Å². The number of hydrogen-bond acceptors (Lipinski definition) is 1. The van der Waals surface area contributed by atoms with E-state index in [2.05, 4.69) is 26.0 Å². The van der Waals surface area contributed by atoms with E-state index < -0.39 is 0 Å². The van der Waals surface area contributed by atoms with E-state index in [4.69, 9.17) is 4.74 Å². The molecule has 1 aliphatic rings. The molecule has 1 saturated heterocycles. The first-order valence-electron chi connectivity index (χ1n) is 5.16. The van der Waals surface area contributed by atoms with Gasteiger partial charge in [0.1, 0.15) is 6.10 Å². The van der Waals surface area contributed by atoms with E-state index in [0.717, 1.165) is 0 Å². The lowest BCUT2D eigenvalue weighted by molar-refractivity contribution is 0.400. The van der Waals surface area contributed by atoms with Gasteiger partial charge in [0, 0.05) is 0 Å².